The van der Waals surface area contributed by atoms with Crippen LogP contribution in [0.1, 0.15) is 32.8 Å². The molecular formula is C22H24BrCl2FN4O3. The van der Waals surface area contributed by atoms with E-state index in [1.165, 1.54) is 0 Å². The molecule has 1 aromatic carbocycles. The van der Waals surface area contributed by atoms with Gasteiger partial charge in [-0.25, -0.2) is 14.2 Å². The van der Waals surface area contributed by atoms with E-state index < -0.39 is 17.3 Å². The summed E-state index contributed by atoms with van der Waals surface area (Å²) in [5.74, 6) is -1.11. The fourth-order valence-electron chi connectivity index (χ4n) is 4.40. The average Bonchev–Trinajstić information content (AvgIpc) is 3.32. The summed E-state index contributed by atoms with van der Waals surface area (Å²) in [5.41, 5.74) is 0.812. The van der Waals surface area contributed by atoms with Gasteiger partial charge in [-0.05, 0) is 61.7 Å². The first-order valence-electron chi connectivity index (χ1n) is 10.5. The second-order valence-electron chi connectivity index (χ2n) is 9.42. The van der Waals surface area contributed by atoms with Gasteiger partial charge >= 0.3 is 6.09 Å². The summed E-state index contributed by atoms with van der Waals surface area (Å²) in [4.78, 5) is 30.7. The van der Waals surface area contributed by atoms with E-state index in [-0.39, 0.29) is 46.3 Å². The van der Waals surface area contributed by atoms with Crippen molar-refractivity contribution in [2.24, 2.45) is 5.92 Å². The monoisotopic (exact) mass is 560 g/mol. The smallest absolute Gasteiger partial charge is 0.410 e. The molecule has 2 N–H and O–H groups in total. The third-order valence-electron chi connectivity index (χ3n) is 5.92. The Balaban J connectivity index is 1.73. The molecule has 3 unspecified atom stereocenters. The molecule has 178 valence electrons. The minimum absolute atomic E-state index is 0.0613. The Morgan fingerprint density at radius 3 is 2.70 bits per heavy atom. The van der Waals surface area contributed by atoms with Gasteiger partial charge in [-0.2, -0.15) is 0 Å². The summed E-state index contributed by atoms with van der Waals surface area (Å²) in [6.45, 7) is 7.79. The summed E-state index contributed by atoms with van der Waals surface area (Å²) in [5, 5.41) is 6.51. The number of carbonyl (C=O) groups excluding carboxylic acids is 2. The highest BCUT2D eigenvalue weighted by molar-refractivity contribution is 9.10. The van der Waals surface area contributed by atoms with Crippen LogP contribution in [0.5, 0.6) is 0 Å². The number of ether oxygens (including phenoxy) is 1. The van der Waals surface area contributed by atoms with Crippen molar-refractivity contribution in [2.75, 3.05) is 23.1 Å². The molecule has 3 atom stereocenters. The number of nitrogens with zero attached hydrogens (tertiary/aromatic N) is 2. The highest BCUT2D eigenvalue weighted by atomic mass is 79.9. The lowest BCUT2D eigenvalue weighted by molar-refractivity contribution is -0.113. The molecule has 3 fully saturated rings. The standard InChI is InChI=1S/C22H24BrCl2FN4O3/c1-9-5-11-17(15(26)14(9)23)29-20(25)19(27-13(31)7-24)18(11)28-16-10-6-12(16)30(8-10)21(32)33-22(2,3)4/h5,10,12,16H,6-8H2,1-4H3,(H,27,31)(H,28,29). The zero-order valence-electron chi connectivity index (χ0n) is 18.6. The van der Waals surface area contributed by atoms with Gasteiger partial charge < -0.3 is 20.3 Å². The predicted molar refractivity (Wildman–Crippen MR) is 131 cm³/mol. The molecule has 1 saturated carbocycles. The van der Waals surface area contributed by atoms with E-state index in [2.05, 4.69) is 31.5 Å². The number of aryl methyl sites for hydroxylation is 1. The van der Waals surface area contributed by atoms with Crippen molar-refractivity contribution in [3.8, 4) is 0 Å². The molecule has 5 rings (SSSR count). The Labute approximate surface area is 209 Å². The minimum atomic E-state index is -0.594. The van der Waals surface area contributed by atoms with Crippen LogP contribution in [0.25, 0.3) is 10.9 Å². The molecule has 2 amide bonds. The summed E-state index contributed by atoms with van der Waals surface area (Å²) in [6.07, 6.45) is 0.467. The number of hydrogen-bond acceptors (Lipinski definition) is 5. The third-order valence-corrected chi connectivity index (χ3v) is 7.41. The number of nitrogens with one attached hydrogen (secondary N) is 2. The van der Waals surface area contributed by atoms with Crippen LogP contribution >= 0.6 is 39.1 Å². The largest absolute Gasteiger partial charge is 0.444 e. The molecule has 33 heavy (non-hydrogen) atoms. The van der Waals surface area contributed by atoms with Crippen LogP contribution in [0.4, 0.5) is 20.6 Å². The quantitative estimate of drug-likeness (QED) is 0.370. The molecule has 1 aromatic heterocycles. The first-order valence-corrected chi connectivity index (χ1v) is 12.2. The van der Waals surface area contributed by atoms with Crippen LogP contribution in [0.2, 0.25) is 5.15 Å². The van der Waals surface area contributed by atoms with Crippen molar-refractivity contribution >= 4 is 73.4 Å². The molecule has 2 saturated heterocycles. The van der Waals surface area contributed by atoms with Crippen molar-refractivity contribution in [1.29, 1.82) is 0 Å². The highest BCUT2D eigenvalue weighted by Crippen LogP contribution is 2.47. The van der Waals surface area contributed by atoms with E-state index in [1.54, 1.807) is 17.9 Å². The molecule has 3 heterocycles. The lowest BCUT2D eigenvalue weighted by atomic mass is 9.79. The maximum absolute atomic E-state index is 15.0. The maximum atomic E-state index is 15.0. The summed E-state index contributed by atoms with van der Waals surface area (Å²) < 4.78 is 20.9. The van der Waals surface area contributed by atoms with Crippen molar-refractivity contribution in [2.45, 2.75) is 51.8 Å². The fourth-order valence-corrected chi connectivity index (χ4v) is 5.00. The second-order valence-corrected chi connectivity index (χ2v) is 10.8. The number of aromatic nitrogens is 1. The van der Waals surface area contributed by atoms with Crippen molar-refractivity contribution in [3.05, 3.63) is 27.1 Å². The number of benzene rings is 1. The van der Waals surface area contributed by atoms with Crippen LogP contribution in [-0.2, 0) is 9.53 Å². The van der Waals surface area contributed by atoms with Crippen molar-refractivity contribution in [1.82, 2.24) is 9.88 Å². The number of anilines is 2. The van der Waals surface area contributed by atoms with E-state index in [9.17, 15) is 9.59 Å². The van der Waals surface area contributed by atoms with E-state index >= 15 is 4.39 Å². The molecule has 2 aromatic rings. The van der Waals surface area contributed by atoms with Gasteiger partial charge in [-0.1, -0.05) is 11.6 Å². The third kappa shape index (κ3) is 4.47. The zero-order chi connectivity index (χ0) is 24.2. The van der Waals surface area contributed by atoms with Gasteiger partial charge in [0.15, 0.2) is 11.0 Å². The van der Waals surface area contributed by atoms with E-state index in [1.807, 2.05) is 20.8 Å². The second kappa shape index (κ2) is 8.74. The lowest BCUT2D eigenvalue weighted by Crippen LogP contribution is -2.50. The lowest BCUT2D eigenvalue weighted by Gasteiger charge is -2.38. The summed E-state index contributed by atoms with van der Waals surface area (Å²) >= 11 is 15.3. The number of amides is 2. The summed E-state index contributed by atoms with van der Waals surface area (Å²) in [6, 6.07) is 1.57. The van der Waals surface area contributed by atoms with Crippen molar-refractivity contribution < 1.29 is 18.7 Å². The number of halogens is 4. The van der Waals surface area contributed by atoms with Crippen molar-refractivity contribution in [3.63, 3.8) is 0 Å². The zero-order valence-corrected chi connectivity index (χ0v) is 21.7. The van der Waals surface area contributed by atoms with E-state index in [0.717, 1.165) is 6.42 Å². The van der Waals surface area contributed by atoms with Gasteiger partial charge in [0.05, 0.1) is 22.2 Å². The first kappa shape index (κ1) is 24.3. The van der Waals surface area contributed by atoms with Crippen LogP contribution in [0.3, 0.4) is 0 Å². The molecule has 2 bridgehead atoms. The number of alkyl halides is 1. The van der Waals surface area contributed by atoms with Gasteiger partial charge in [0, 0.05) is 17.8 Å². The van der Waals surface area contributed by atoms with Gasteiger partial charge in [-0.3, -0.25) is 4.79 Å². The summed E-state index contributed by atoms with van der Waals surface area (Å²) in [7, 11) is 0. The molecule has 7 nitrogen and oxygen atoms in total. The Kier molecular flexibility index (Phi) is 6.44. The highest BCUT2D eigenvalue weighted by Gasteiger charge is 2.55. The Hall–Kier alpha value is -1.84. The van der Waals surface area contributed by atoms with Gasteiger partial charge in [-0.15, -0.1) is 11.6 Å². The molecule has 2 aliphatic heterocycles. The van der Waals surface area contributed by atoms with Gasteiger partial charge in [0.2, 0.25) is 5.91 Å². The molecule has 3 aliphatic rings. The Bertz CT molecular complexity index is 1160. The molecule has 0 spiro atoms. The van der Waals surface area contributed by atoms with Crippen LogP contribution in [0, 0.1) is 18.7 Å². The van der Waals surface area contributed by atoms with Crippen LogP contribution in [0.15, 0.2) is 10.5 Å². The maximum Gasteiger partial charge on any atom is 0.410 e. The van der Waals surface area contributed by atoms with E-state index in [0.29, 0.717) is 27.7 Å². The first-order chi connectivity index (χ1) is 15.4. The van der Waals surface area contributed by atoms with E-state index in [4.69, 9.17) is 27.9 Å². The van der Waals surface area contributed by atoms with Crippen LogP contribution < -0.4 is 10.6 Å². The predicted octanol–water partition coefficient (Wildman–Crippen LogP) is 5.70. The Morgan fingerprint density at radius 1 is 1.36 bits per heavy atom. The van der Waals surface area contributed by atoms with Crippen LogP contribution in [-0.4, -0.2) is 52.0 Å². The Morgan fingerprint density at radius 2 is 2.06 bits per heavy atom. The molecule has 11 heteroatoms. The normalized spacial score (nSPS) is 21.7. The topological polar surface area (TPSA) is 83.6 Å². The molecular weight excluding hydrogens is 538 g/mol. The molecule has 0 radical (unpaired) electrons. The molecule has 1 aliphatic carbocycles. The SMILES string of the molecule is Cc1cc2c(NC3C4CC3N(C(=O)OC(C)(C)C)C4)c(NC(=O)CCl)c(Cl)nc2c(F)c1Br. The number of carbonyl (C=O) groups is 2. The van der Waals surface area contributed by atoms with Gasteiger partial charge in [0.25, 0.3) is 0 Å². The number of hydrogen-bond donors (Lipinski definition) is 2. The minimum Gasteiger partial charge on any atom is -0.444 e. The average molecular weight is 562 g/mol. The fraction of sp³-hybridized carbons (Fsp3) is 0.500. The number of pyridine rings is 1. The van der Waals surface area contributed by atoms with Gasteiger partial charge in [0.1, 0.15) is 22.7 Å². The number of rotatable bonds is 4. The number of fused-ring (bicyclic) bond motifs is 2.